The number of hydrogen-bond donors (Lipinski definition) is 5. The van der Waals surface area contributed by atoms with Crippen LogP contribution >= 0.6 is 0 Å². The van der Waals surface area contributed by atoms with Crippen LogP contribution in [-0.2, 0) is 22.4 Å². The van der Waals surface area contributed by atoms with Gasteiger partial charge in [0, 0.05) is 57.0 Å². The van der Waals surface area contributed by atoms with Gasteiger partial charge in [0.2, 0.25) is 11.8 Å². The molecule has 12 heteroatoms. The van der Waals surface area contributed by atoms with Gasteiger partial charge in [0.1, 0.15) is 0 Å². The maximum absolute atomic E-state index is 13.0. The third-order valence-electron chi connectivity index (χ3n) is 8.18. The zero-order chi connectivity index (χ0) is 31.1. The largest absolute Gasteiger partial charge is 0.356 e. The number of piperidine rings is 1. The van der Waals surface area contributed by atoms with Crippen molar-refractivity contribution in [2.24, 2.45) is 5.73 Å². The van der Waals surface area contributed by atoms with Crippen molar-refractivity contribution < 1.29 is 19.2 Å². The number of unbranched alkanes of at least 4 members (excludes halogenated alkanes) is 4. The van der Waals surface area contributed by atoms with Gasteiger partial charge < -0.3 is 26.6 Å². The van der Waals surface area contributed by atoms with Crippen LogP contribution in [0.25, 0.3) is 0 Å². The minimum atomic E-state index is -0.369. The average molecular weight is 607 g/mol. The van der Waals surface area contributed by atoms with Gasteiger partial charge in [-0.25, -0.2) is 14.8 Å². The highest BCUT2D eigenvalue weighted by molar-refractivity contribution is 6.00. The average Bonchev–Trinajstić information content (AvgIpc) is 3.44. The summed E-state index contributed by atoms with van der Waals surface area (Å²) in [5, 5.41) is 11.8. The first-order chi connectivity index (χ1) is 21.4. The van der Waals surface area contributed by atoms with Crippen molar-refractivity contribution >= 4 is 29.6 Å². The molecule has 12 nitrogen and oxygen atoms in total. The number of nitrogens with two attached hydrogens (primary N) is 1. The number of likely N-dealkylation sites (tertiary alicyclic amines) is 1. The highest BCUT2D eigenvalue weighted by atomic mass is 16.2. The van der Waals surface area contributed by atoms with E-state index in [1.165, 1.54) is 23.5 Å². The number of hydrogen-bond acceptors (Lipinski definition) is 7. The summed E-state index contributed by atoms with van der Waals surface area (Å²) in [5.74, 6) is -0.153. The summed E-state index contributed by atoms with van der Waals surface area (Å²) in [6.07, 6.45) is 11.9. The van der Waals surface area contributed by atoms with E-state index < -0.39 is 0 Å². The molecule has 5 amide bonds. The fraction of sp³-hybridized carbons (Fsp3) is 0.562. The van der Waals surface area contributed by atoms with Crippen molar-refractivity contribution in [2.75, 3.05) is 31.5 Å². The molecule has 2 aromatic rings. The molecule has 2 heterocycles. The standard InChI is InChI=1S/C32H46N8O4/c33-15-7-1-3-11-27(41)34-16-8-2-4-12-28(42)37-25-13-19-40(20-14-25)32(44)39-30-29(35-17-18-36-30)31(43)38-26-21-23-9-5-6-10-24(23)22-26/h5-6,9-10,17-18,25-26H,1-4,7-8,11-16,19-22,33H2,(H,34,41)(H,37,42)(H,38,43)(H,36,39,44). The molecule has 0 radical (unpaired) electrons. The molecule has 2 aliphatic rings. The van der Waals surface area contributed by atoms with Crippen LogP contribution in [0.5, 0.6) is 0 Å². The number of nitrogens with zero attached hydrogens (tertiary/aromatic N) is 3. The lowest BCUT2D eigenvalue weighted by atomic mass is 10.0. The molecule has 1 aromatic carbocycles. The Morgan fingerprint density at radius 2 is 1.45 bits per heavy atom. The number of fused-ring (bicyclic) bond motifs is 1. The summed E-state index contributed by atoms with van der Waals surface area (Å²) in [5.41, 5.74) is 8.01. The van der Waals surface area contributed by atoms with E-state index in [1.54, 1.807) is 4.90 Å². The van der Waals surface area contributed by atoms with Crippen LogP contribution in [0.4, 0.5) is 10.6 Å². The van der Waals surface area contributed by atoms with E-state index in [0.29, 0.717) is 51.9 Å². The van der Waals surface area contributed by atoms with Crippen molar-refractivity contribution in [1.29, 1.82) is 0 Å². The number of rotatable bonds is 15. The Bertz CT molecular complexity index is 1240. The van der Waals surface area contributed by atoms with Crippen LogP contribution in [0.2, 0.25) is 0 Å². The molecule has 0 spiro atoms. The summed E-state index contributed by atoms with van der Waals surface area (Å²) in [4.78, 5) is 60.4. The Morgan fingerprint density at radius 3 is 2.16 bits per heavy atom. The Kier molecular flexibility index (Phi) is 12.9. The predicted octanol–water partition coefficient (Wildman–Crippen LogP) is 2.68. The molecule has 0 unspecified atom stereocenters. The third kappa shape index (κ3) is 10.3. The number of amides is 5. The van der Waals surface area contributed by atoms with E-state index in [1.807, 2.05) is 12.1 Å². The number of nitrogens with one attached hydrogen (secondary N) is 4. The molecular formula is C32H46N8O4. The summed E-state index contributed by atoms with van der Waals surface area (Å²) in [6, 6.07) is 7.77. The van der Waals surface area contributed by atoms with Gasteiger partial charge in [-0.2, -0.15) is 0 Å². The van der Waals surface area contributed by atoms with Crippen molar-refractivity contribution in [3.8, 4) is 0 Å². The zero-order valence-corrected chi connectivity index (χ0v) is 25.5. The normalized spacial score (nSPS) is 15.0. The number of benzene rings is 1. The monoisotopic (exact) mass is 606 g/mol. The van der Waals surface area contributed by atoms with Crippen molar-refractivity contribution in [3.05, 3.63) is 53.5 Å². The third-order valence-corrected chi connectivity index (χ3v) is 8.18. The van der Waals surface area contributed by atoms with Gasteiger partial charge in [-0.1, -0.05) is 37.1 Å². The predicted molar refractivity (Wildman–Crippen MR) is 168 cm³/mol. The van der Waals surface area contributed by atoms with E-state index >= 15 is 0 Å². The van der Waals surface area contributed by atoms with Gasteiger partial charge in [0.05, 0.1) is 0 Å². The molecule has 6 N–H and O–H groups in total. The maximum Gasteiger partial charge on any atom is 0.323 e. The lowest BCUT2D eigenvalue weighted by Gasteiger charge is -2.32. The highest BCUT2D eigenvalue weighted by Crippen LogP contribution is 2.22. The van der Waals surface area contributed by atoms with Crippen LogP contribution < -0.4 is 27.0 Å². The van der Waals surface area contributed by atoms with E-state index in [9.17, 15) is 19.2 Å². The first-order valence-electron chi connectivity index (χ1n) is 15.9. The van der Waals surface area contributed by atoms with Crippen LogP contribution in [-0.4, -0.2) is 76.9 Å². The fourth-order valence-corrected chi connectivity index (χ4v) is 5.73. The lowest BCUT2D eigenvalue weighted by Crippen LogP contribution is -2.48. The van der Waals surface area contributed by atoms with Crippen molar-refractivity contribution in [3.63, 3.8) is 0 Å². The van der Waals surface area contributed by atoms with Gasteiger partial charge in [-0.15, -0.1) is 0 Å². The second-order valence-electron chi connectivity index (χ2n) is 11.6. The molecule has 4 rings (SSSR count). The van der Waals surface area contributed by atoms with Gasteiger partial charge >= 0.3 is 6.03 Å². The Morgan fingerprint density at radius 1 is 0.795 bits per heavy atom. The van der Waals surface area contributed by atoms with Gasteiger partial charge in [0.15, 0.2) is 11.5 Å². The SMILES string of the molecule is NCCCCCC(=O)NCCCCCC(=O)NC1CCN(C(=O)Nc2nccnc2C(=O)NC2Cc3ccccc3C2)CC1. The van der Waals surface area contributed by atoms with Gasteiger partial charge in [-0.05, 0) is 69.0 Å². The molecular weight excluding hydrogens is 560 g/mol. The maximum atomic E-state index is 13.0. The zero-order valence-electron chi connectivity index (χ0n) is 25.5. The molecule has 1 saturated heterocycles. The fourth-order valence-electron chi connectivity index (χ4n) is 5.73. The molecule has 1 aromatic heterocycles. The number of urea groups is 1. The second kappa shape index (κ2) is 17.3. The minimum absolute atomic E-state index is 0.0115. The Hall–Kier alpha value is -4.06. The van der Waals surface area contributed by atoms with Crippen LogP contribution in [0.15, 0.2) is 36.7 Å². The second-order valence-corrected chi connectivity index (χ2v) is 11.6. The number of carbonyl (C=O) groups excluding carboxylic acids is 4. The Balaban J connectivity index is 1.10. The van der Waals surface area contributed by atoms with E-state index in [2.05, 4.69) is 43.4 Å². The van der Waals surface area contributed by atoms with E-state index in [0.717, 1.165) is 51.4 Å². The van der Waals surface area contributed by atoms with Crippen LogP contribution in [0.1, 0.15) is 85.8 Å². The van der Waals surface area contributed by atoms with Crippen molar-refractivity contribution in [1.82, 2.24) is 30.8 Å². The minimum Gasteiger partial charge on any atom is -0.356 e. The topological polar surface area (TPSA) is 171 Å². The first-order valence-corrected chi connectivity index (χ1v) is 15.9. The highest BCUT2D eigenvalue weighted by Gasteiger charge is 2.27. The summed E-state index contributed by atoms with van der Waals surface area (Å²) < 4.78 is 0. The molecule has 1 aliphatic carbocycles. The van der Waals surface area contributed by atoms with E-state index in [4.69, 9.17) is 5.73 Å². The van der Waals surface area contributed by atoms with Gasteiger partial charge in [-0.3, -0.25) is 19.7 Å². The lowest BCUT2D eigenvalue weighted by molar-refractivity contribution is -0.122. The van der Waals surface area contributed by atoms with Crippen LogP contribution in [0.3, 0.4) is 0 Å². The molecule has 0 atom stereocenters. The summed E-state index contributed by atoms with van der Waals surface area (Å²) in [7, 11) is 0. The number of aromatic nitrogens is 2. The first kappa shape index (κ1) is 32.8. The summed E-state index contributed by atoms with van der Waals surface area (Å²) >= 11 is 0. The smallest absolute Gasteiger partial charge is 0.323 e. The van der Waals surface area contributed by atoms with E-state index in [-0.39, 0.29) is 47.3 Å². The molecule has 44 heavy (non-hydrogen) atoms. The molecule has 1 aliphatic heterocycles. The number of carbonyl (C=O) groups is 4. The molecule has 238 valence electrons. The van der Waals surface area contributed by atoms with Crippen LogP contribution in [0, 0.1) is 0 Å². The molecule has 0 bridgehead atoms. The molecule has 1 fully saturated rings. The van der Waals surface area contributed by atoms with Crippen molar-refractivity contribution in [2.45, 2.75) is 89.1 Å². The summed E-state index contributed by atoms with van der Waals surface area (Å²) in [6.45, 7) is 2.25. The Labute approximate surface area is 259 Å². The van der Waals surface area contributed by atoms with Gasteiger partial charge in [0.25, 0.3) is 5.91 Å². The quantitative estimate of drug-likeness (QED) is 0.194. The number of anilines is 1. The molecule has 0 saturated carbocycles.